The van der Waals surface area contributed by atoms with E-state index in [0.29, 0.717) is 34.2 Å². The van der Waals surface area contributed by atoms with E-state index in [0.717, 1.165) is 23.2 Å². The van der Waals surface area contributed by atoms with Gasteiger partial charge in [-0.2, -0.15) is 0 Å². The molecule has 5 heteroatoms. The molecular weight excluding hydrogens is 511 g/mol. The second kappa shape index (κ2) is 10.7. The van der Waals surface area contributed by atoms with Crippen molar-refractivity contribution in [1.29, 1.82) is 0 Å². The molecule has 0 radical (unpaired) electrons. The Labute approximate surface area is 233 Å². The zero-order chi connectivity index (χ0) is 26.1. The lowest BCUT2D eigenvalue weighted by Crippen LogP contribution is -2.29. The van der Waals surface area contributed by atoms with Crippen molar-refractivity contribution in [3.8, 4) is 5.75 Å². The van der Waals surface area contributed by atoms with Crippen molar-refractivity contribution in [2.24, 2.45) is 10.9 Å². The van der Waals surface area contributed by atoms with Crippen LogP contribution in [0.15, 0.2) is 102 Å². The van der Waals surface area contributed by atoms with Gasteiger partial charge in [-0.1, -0.05) is 77.3 Å². The number of hydrogen-bond donors (Lipinski definition) is 1. The molecule has 4 aromatic carbocycles. The number of rotatable bonds is 6. The van der Waals surface area contributed by atoms with Crippen molar-refractivity contribution in [1.82, 2.24) is 0 Å². The number of fused-ring (bicyclic) bond motifs is 3. The van der Waals surface area contributed by atoms with E-state index in [-0.39, 0.29) is 6.04 Å². The first kappa shape index (κ1) is 24.8. The Morgan fingerprint density at radius 2 is 1.84 bits per heavy atom. The van der Waals surface area contributed by atoms with Gasteiger partial charge in [-0.15, -0.1) is 0 Å². The number of nitrogens with one attached hydrogen (secondary N) is 1. The lowest BCUT2D eigenvalue weighted by atomic mass is 9.76. The quantitative estimate of drug-likeness (QED) is 0.196. The lowest BCUT2D eigenvalue weighted by molar-refractivity contribution is 0.306. The molecule has 1 heterocycles. The third-order valence-corrected chi connectivity index (χ3v) is 7.90. The van der Waals surface area contributed by atoms with Crippen LogP contribution in [-0.4, -0.2) is 6.21 Å². The van der Waals surface area contributed by atoms with Crippen LogP contribution in [0.3, 0.4) is 0 Å². The summed E-state index contributed by atoms with van der Waals surface area (Å²) in [6, 6.07) is 28.9. The molecule has 190 valence electrons. The number of ether oxygens (including phenoxy) is 1. The summed E-state index contributed by atoms with van der Waals surface area (Å²) in [6.07, 6.45) is 7.64. The predicted molar refractivity (Wildman–Crippen MR) is 158 cm³/mol. The van der Waals surface area contributed by atoms with Crippen LogP contribution in [0.4, 0.5) is 11.4 Å². The van der Waals surface area contributed by atoms with Crippen LogP contribution < -0.4 is 10.1 Å². The van der Waals surface area contributed by atoms with Gasteiger partial charge in [0, 0.05) is 22.8 Å². The molecule has 0 saturated heterocycles. The zero-order valence-electron chi connectivity index (χ0n) is 21.1. The Morgan fingerprint density at radius 3 is 2.66 bits per heavy atom. The van der Waals surface area contributed by atoms with E-state index in [1.165, 1.54) is 22.4 Å². The first-order valence-electron chi connectivity index (χ1n) is 12.9. The summed E-state index contributed by atoms with van der Waals surface area (Å²) in [5.41, 5.74) is 8.07. The molecular formula is C33H28Cl2N2O. The van der Waals surface area contributed by atoms with E-state index in [2.05, 4.69) is 71.8 Å². The molecule has 1 aliphatic carbocycles. The number of nitrogens with zero attached hydrogens (tertiary/aromatic N) is 1. The molecule has 3 nitrogen and oxygen atoms in total. The molecule has 0 saturated carbocycles. The number of benzene rings is 4. The molecule has 4 aromatic rings. The minimum atomic E-state index is 0.279. The van der Waals surface area contributed by atoms with Gasteiger partial charge in [0.15, 0.2) is 0 Å². The fraction of sp³-hybridized carbons (Fsp3) is 0.182. The second-order valence-corrected chi connectivity index (χ2v) is 10.9. The zero-order valence-corrected chi connectivity index (χ0v) is 22.6. The van der Waals surface area contributed by atoms with Crippen molar-refractivity contribution in [2.45, 2.75) is 31.9 Å². The maximum absolute atomic E-state index is 6.48. The summed E-state index contributed by atoms with van der Waals surface area (Å²) >= 11 is 12.5. The van der Waals surface area contributed by atoms with Crippen LogP contribution in [0.5, 0.6) is 5.75 Å². The largest absolute Gasteiger partial charge is 0.487 e. The number of aliphatic imine (C=N–C) groups is 1. The molecule has 0 unspecified atom stereocenters. The van der Waals surface area contributed by atoms with Gasteiger partial charge in [0.1, 0.15) is 12.4 Å². The van der Waals surface area contributed by atoms with E-state index >= 15 is 0 Å². The SMILES string of the molecule is Cc1ccc2c(c1)[C@@H]1C=CC[C@@H]1[C@H](c1ccc(N=Cc3ccc(OCc4cccc(Cl)c4)c(Cl)c3)cc1)N2. The first-order chi connectivity index (χ1) is 18.5. The van der Waals surface area contributed by atoms with Crippen LogP contribution in [-0.2, 0) is 6.61 Å². The summed E-state index contributed by atoms with van der Waals surface area (Å²) in [5.74, 6) is 1.63. The highest BCUT2D eigenvalue weighted by Gasteiger charge is 2.37. The fourth-order valence-electron chi connectivity index (χ4n) is 5.46. The Bertz CT molecular complexity index is 1530. The van der Waals surface area contributed by atoms with Crippen molar-refractivity contribution >= 4 is 40.8 Å². The molecule has 3 atom stereocenters. The van der Waals surface area contributed by atoms with E-state index in [9.17, 15) is 0 Å². The maximum atomic E-state index is 6.48. The minimum Gasteiger partial charge on any atom is -0.487 e. The highest BCUT2D eigenvalue weighted by Crippen LogP contribution is 2.50. The van der Waals surface area contributed by atoms with E-state index < -0.39 is 0 Å². The Hall–Kier alpha value is -3.53. The smallest absolute Gasteiger partial charge is 0.138 e. The average Bonchev–Trinajstić information content (AvgIpc) is 3.42. The number of hydrogen-bond acceptors (Lipinski definition) is 3. The molecule has 0 aromatic heterocycles. The van der Waals surface area contributed by atoms with Gasteiger partial charge < -0.3 is 10.1 Å². The Balaban J connectivity index is 1.13. The van der Waals surface area contributed by atoms with Crippen LogP contribution in [0.25, 0.3) is 0 Å². The van der Waals surface area contributed by atoms with Gasteiger partial charge in [0.2, 0.25) is 0 Å². The topological polar surface area (TPSA) is 33.6 Å². The normalized spacial score (nSPS) is 19.7. The molecule has 0 bridgehead atoms. The second-order valence-electron chi connectivity index (χ2n) is 10.0. The minimum absolute atomic E-state index is 0.279. The van der Waals surface area contributed by atoms with Gasteiger partial charge in [0.05, 0.1) is 16.8 Å². The van der Waals surface area contributed by atoms with E-state index in [1.54, 1.807) is 0 Å². The fourth-order valence-corrected chi connectivity index (χ4v) is 5.92. The molecule has 38 heavy (non-hydrogen) atoms. The third-order valence-electron chi connectivity index (χ3n) is 7.37. The number of allylic oxidation sites excluding steroid dienone is 2. The Morgan fingerprint density at radius 1 is 0.974 bits per heavy atom. The lowest BCUT2D eigenvalue weighted by Gasteiger charge is -2.37. The number of aryl methyl sites for hydroxylation is 1. The maximum Gasteiger partial charge on any atom is 0.138 e. The molecule has 0 amide bonds. The summed E-state index contributed by atoms with van der Waals surface area (Å²) in [6.45, 7) is 2.57. The molecule has 2 aliphatic rings. The Kier molecular flexibility index (Phi) is 6.97. The monoisotopic (exact) mass is 538 g/mol. The van der Waals surface area contributed by atoms with Crippen LogP contribution >= 0.6 is 23.2 Å². The highest BCUT2D eigenvalue weighted by molar-refractivity contribution is 6.32. The van der Waals surface area contributed by atoms with Gasteiger partial charge in [0.25, 0.3) is 0 Å². The van der Waals surface area contributed by atoms with Crippen molar-refractivity contribution in [2.75, 3.05) is 5.32 Å². The molecule has 6 rings (SSSR count). The molecule has 1 aliphatic heterocycles. The number of anilines is 1. The summed E-state index contributed by atoms with van der Waals surface area (Å²) in [5, 5.41) is 5.05. The summed E-state index contributed by atoms with van der Waals surface area (Å²) in [4.78, 5) is 4.68. The molecule has 1 N–H and O–H groups in total. The van der Waals surface area contributed by atoms with Crippen LogP contribution in [0.2, 0.25) is 10.0 Å². The average molecular weight is 540 g/mol. The van der Waals surface area contributed by atoms with Crippen LogP contribution in [0.1, 0.15) is 46.2 Å². The first-order valence-corrected chi connectivity index (χ1v) is 13.6. The summed E-state index contributed by atoms with van der Waals surface area (Å²) in [7, 11) is 0. The van der Waals surface area contributed by atoms with Crippen molar-refractivity contribution in [3.05, 3.63) is 135 Å². The third kappa shape index (κ3) is 5.22. The highest BCUT2D eigenvalue weighted by atomic mass is 35.5. The van der Waals surface area contributed by atoms with E-state index in [4.69, 9.17) is 27.9 Å². The van der Waals surface area contributed by atoms with Crippen molar-refractivity contribution < 1.29 is 4.74 Å². The molecule has 0 fully saturated rings. The van der Waals surface area contributed by atoms with E-state index in [1.807, 2.05) is 48.7 Å². The van der Waals surface area contributed by atoms with Gasteiger partial charge in [-0.05, 0) is 90.0 Å². The number of halogens is 2. The van der Waals surface area contributed by atoms with Gasteiger partial charge >= 0.3 is 0 Å². The van der Waals surface area contributed by atoms with Gasteiger partial charge in [-0.3, -0.25) is 4.99 Å². The van der Waals surface area contributed by atoms with Gasteiger partial charge in [-0.25, -0.2) is 0 Å². The van der Waals surface area contributed by atoms with Crippen molar-refractivity contribution in [3.63, 3.8) is 0 Å². The molecule has 0 spiro atoms. The predicted octanol–water partition coefficient (Wildman–Crippen LogP) is 9.46. The summed E-state index contributed by atoms with van der Waals surface area (Å²) < 4.78 is 5.88. The van der Waals surface area contributed by atoms with Crippen LogP contribution in [0, 0.1) is 12.8 Å². The standard InChI is InChI=1S/C33H28Cl2N2O/c1-21-8-14-31-29(16-21)27-6-3-7-28(27)33(37-31)24-10-12-26(13-11-24)36-19-22-9-15-32(30(35)18-22)38-20-23-4-2-5-25(34)17-23/h2-6,8-19,27-28,33,37H,7,20H2,1H3/t27-,28+,33+/m1/s1.